The molecule has 1 amide bonds. The summed E-state index contributed by atoms with van der Waals surface area (Å²) in [5.41, 5.74) is 2.31. The Kier molecular flexibility index (Phi) is 4.01. The third kappa shape index (κ3) is 2.80. The standard InChI is InChI=1S/C20H25N3O/c1-20-11-13-23(18(20)8-4-5-9-19(24)22-20)14-15-10-12-21-17-7-3-2-6-16(15)17/h2-3,6-7,10,12,18H,4-5,8-9,11,13-14H2,1H3,(H,22,24)/t18-,20-/m1/s1. The summed E-state index contributed by atoms with van der Waals surface area (Å²) < 4.78 is 0. The van der Waals surface area contributed by atoms with Crippen LogP contribution in [0.4, 0.5) is 0 Å². The van der Waals surface area contributed by atoms with E-state index in [2.05, 4.69) is 46.4 Å². The Balaban J connectivity index is 1.61. The zero-order chi connectivity index (χ0) is 16.6. The first-order valence-electron chi connectivity index (χ1n) is 9.03. The van der Waals surface area contributed by atoms with Crippen LogP contribution in [0.15, 0.2) is 36.5 Å². The number of rotatable bonds is 2. The van der Waals surface area contributed by atoms with Crippen molar-refractivity contribution >= 4 is 16.8 Å². The predicted molar refractivity (Wildman–Crippen MR) is 95.6 cm³/mol. The maximum atomic E-state index is 12.1. The molecule has 2 atom stereocenters. The van der Waals surface area contributed by atoms with Crippen molar-refractivity contribution in [2.75, 3.05) is 6.54 Å². The Morgan fingerprint density at radius 3 is 3.08 bits per heavy atom. The Labute approximate surface area is 143 Å². The Bertz CT molecular complexity index is 754. The number of carbonyl (C=O) groups excluding carboxylic acids is 1. The first kappa shape index (κ1) is 15.6. The number of para-hydroxylation sites is 1. The normalized spacial score (nSPS) is 28.2. The number of hydrogen-bond acceptors (Lipinski definition) is 3. The quantitative estimate of drug-likeness (QED) is 0.923. The van der Waals surface area contributed by atoms with E-state index < -0.39 is 0 Å². The molecule has 0 unspecified atom stereocenters. The van der Waals surface area contributed by atoms with E-state index in [4.69, 9.17) is 0 Å². The van der Waals surface area contributed by atoms with E-state index in [1.807, 2.05) is 12.3 Å². The third-order valence-corrected chi connectivity index (χ3v) is 5.76. The number of likely N-dealkylation sites (tertiary alicyclic amines) is 1. The van der Waals surface area contributed by atoms with Gasteiger partial charge in [-0.15, -0.1) is 0 Å². The molecule has 0 bridgehead atoms. The van der Waals surface area contributed by atoms with Gasteiger partial charge in [-0.1, -0.05) is 24.6 Å². The molecule has 4 rings (SSSR count). The number of pyridine rings is 1. The molecule has 2 saturated heterocycles. The van der Waals surface area contributed by atoms with Crippen LogP contribution in [0.3, 0.4) is 0 Å². The van der Waals surface area contributed by atoms with Gasteiger partial charge in [0.15, 0.2) is 0 Å². The highest BCUT2D eigenvalue weighted by Crippen LogP contribution is 2.35. The van der Waals surface area contributed by atoms with Crippen LogP contribution >= 0.6 is 0 Å². The Morgan fingerprint density at radius 2 is 2.17 bits per heavy atom. The SMILES string of the molecule is C[C@@]12CCN(Cc3ccnc4ccccc34)[C@@H]1CCCCC(=O)N2. The number of aromatic nitrogens is 1. The molecule has 1 aromatic heterocycles. The molecule has 2 aliphatic rings. The van der Waals surface area contributed by atoms with Gasteiger partial charge < -0.3 is 5.32 Å². The van der Waals surface area contributed by atoms with E-state index in [1.54, 1.807) is 0 Å². The lowest BCUT2D eigenvalue weighted by Crippen LogP contribution is -2.55. The molecule has 0 saturated carbocycles. The van der Waals surface area contributed by atoms with Gasteiger partial charge in [0, 0.05) is 37.1 Å². The van der Waals surface area contributed by atoms with Crippen LogP contribution in [-0.4, -0.2) is 33.9 Å². The van der Waals surface area contributed by atoms with Crippen molar-refractivity contribution in [3.8, 4) is 0 Å². The first-order chi connectivity index (χ1) is 11.7. The number of nitrogens with one attached hydrogen (secondary N) is 1. The highest BCUT2D eigenvalue weighted by atomic mass is 16.1. The number of benzene rings is 1. The van der Waals surface area contributed by atoms with E-state index in [9.17, 15) is 4.79 Å². The predicted octanol–water partition coefficient (Wildman–Crippen LogP) is 3.26. The topological polar surface area (TPSA) is 45.2 Å². The van der Waals surface area contributed by atoms with Gasteiger partial charge in [-0.05, 0) is 43.9 Å². The fraction of sp³-hybridized carbons (Fsp3) is 0.500. The second-order valence-corrected chi connectivity index (χ2v) is 7.43. The number of carbonyl (C=O) groups is 1. The molecule has 0 aliphatic carbocycles. The maximum Gasteiger partial charge on any atom is 0.220 e. The molecule has 4 nitrogen and oxygen atoms in total. The van der Waals surface area contributed by atoms with Gasteiger partial charge in [-0.3, -0.25) is 14.7 Å². The summed E-state index contributed by atoms with van der Waals surface area (Å²) in [4.78, 5) is 19.1. The average Bonchev–Trinajstić information content (AvgIpc) is 2.85. The number of nitrogens with zero attached hydrogens (tertiary/aromatic N) is 2. The average molecular weight is 323 g/mol. The summed E-state index contributed by atoms with van der Waals surface area (Å²) in [6, 6.07) is 10.9. The van der Waals surface area contributed by atoms with Crippen molar-refractivity contribution in [1.29, 1.82) is 0 Å². The van der Waals surface area contributed by atoms with Crippen LogP contribution in [0.1, 0.15) is 44.6 Å². The number of hydrogen-bond donors (Lipinski definition) is 1. The zero-order valence-electron chi connectivity index (χ0n) is 14.3. The molecule has 2 fully saturated rings. The van der Waals surface area contributed by atoms with Crippen LogP contribution in [0.25, 0.3) is 10.9 Å². The van der Waals surface area contributed by atoms with Crippen LogP contribution in [0.2, 0.25) is 0 Å². The smallest absolute Gasteiger partial charge is 0.220 e. The first-order valence-corrected chi connectivity index (χ1v) is 9.03. The van der Waals surface area contributed by atoms with Crippen molar-refractivity contribution < 1.29 is 4.79 Å². The molecule has 2 aliphatic heterocycles. The number of amides is 1. The van der Waals surface area contributed by atoms with E-state index in [-0.39, 0.29) is 11.4 Å². The molecule has 2 aromatic rings. The van der Waals surface area contributed by atoms with Crippen molar-refractivity contribution in [1.82, 2.24) is 15.2 Å². The minimum Gasteiger partial charge on any atom is -0.349 e. The van der Waals surface area contributed by atoms with E-state index >= 15 is 0 Å². The molecule has 3 heterocycles. The molecule has 24 heavy (non-hydrogen) atoms. The summed E-state index contributed by atoms with van der Waals surface area (Å²) in [6.45, 7) is 4.20. The molecule has 1 N–H and O–H groups in total. The molecule has 1 aromatic carbocycles. The largest absolute Gasteiger partial charge is 0.349 e. The fourth-order valence-electron chi connectivity index (χ4n) is 4.45. The van der Waals surface area contributed by atoms with Gasteiger partial charge in [0.25, 0.3) is 0 Å². The van der Waals surface area contributed by atoms with Crippen molar-refractivity contribution in [2.45, 2.75) is 57.2 Å². The van der Waals surface area contributed by atoms with Gasteiger partial charge in [0.1, 0.15) is 0 Å². The zero-order valence-corrected chi connectivity index (χ0v) is 14.3. The van der Waals surface area contributed by atoms with E-state index in [0.717, 1.165) is 37.9 Å². The lowest BCUT2D eigenvalue weighted by Gasteiger charge is -2.38. The summed E-state index contributed by atoms with van der Waals surface area (Å²) in [7, 11) is 0. The number of fused-ring (bicyclic) bond motifs is 2. The van der Waals surface area contributed by atoms with Gasteiger partial charge in [0.05, 0.1) is 11.1 Å². The molecule has 0 spiro atoms. The van der Waals surface area contributed by atoms with Crippen LogP contribution in [0, 0.1) is 0 Å². The fourth-order valence-corrected chi connectivity index (χ4v) is 4.45. The maximum absolute atomic E-state index is 12.1. The monoisotopic (exact) mass is 323 g/mol. The van der Waals surface area contributed by atoms with E-state index in [1.165, 1.54) is 17.4 Å². The molecule has 4 heteroatoms. The van der Waals surface area contributed by atoms with Crippen LogP contribution < -0.4 is 5.32 Å². The molecular weight excluding hydrogens is 298 g/mol. The van der Waals surface area contributed by atoms with Gasteiger partial charge in [-0.25, -0.2) is 0 Å². The molecule has 0 radical (unpaired) electrons. The highest BCUT2D eigenvalue weighted by Gasteiger charge is 2.44. The lowest BCUT2D eigenvalue weighted by atomic mass is 9.86. The van der Waals surface area contributed by atoms with Gasteiger partial charge in [-0.2, -0.15) is 0 Å². The second kappa shape index (κ2) is 6.17. The van der Waals surface area contributed by atoms with Gasteiger partial charge in [0.2, 0.25) is 5.91 Å². The third-order valence-electron chi connectivity index (χ3n) is 5.76. The Morgan fingerprint density at radius 1 is 1.29 bits per heavy atom. The molecular formula is C20H25N3O. The van der Waals surface area contributed by atoms with Gasteiger partial charge >= 0.3 is 0 Å². The minimum absolute atomic E-state index is 0.0830. The summed E-state index contributed by atoms with van der Waals surface area (Å²) in [5, 5.41) is 4.56. The summed E-state index contributed by atoms with van der Waals surface area (Å²) in [5.74, 6) is 0.221. The lowest BCUT2D eigenvalue weighted by molar-refractivity contribution is -0.123. The Hall–Kier alpha value is -1.94. The second-order valence-electron chi connectivity index (χ2n) is 7.43. The van der Waals surface area contributed by atoms with E-state index in [0.29, 0.717) is 12.5 Å². The van der Waals surface area contributed by atoms with Crippen LogP contribution in [-0.2, 0) is 11.3 Å². The van der Waals surface area contributed by atoms with Crippen molar-refractivity contribution in [3.63, 3.8) is 0 Å². The van der Waals surface area contributed by atoms with Crippen molar-refractivity contribution in [2.24, 2.45) is 0 Å². The minimum atomic E-state index is -0.0830. The summed E-state index contributed by atoms with van der Waals surface area (Å²) in [6.07, 6.45) is 6.93. The highest BCUT2D eigenvalue weighted by molar-refractivity contribution is 5.81. The van der Waals surface area contributed by atoms with Crippen molar-refractivity contribution in [3.05, 3.63) is 42.1 Å². The van der Waals surface area contributed by atoms with Crippen LogP contribution in [0.5, 0.6) is 0 Å². The molecule has 126 valence electrons. The summed E-state index contributed by atoms with van der Waals surface area (Å²) >= 11 is 0.